The molecule has 0 unspecified atom stereocenters. The highest BCUT2D eigenvalue weighted by atomic mass is 79.9. The zero-order chi connectivity index (χ0) is 33.4. The van der Waals surface area contributed by atoms with Gasteiger partial charge in [0.1, 0.15) is 34.1 Å². The van der Waals surface area contributed by atoms with Crippen LogP contribution in [0.5, 0.6) is 0 Å². The van der Waals surface area contributed by atoms with Crippen LogP contribution in [0.3, 0.4) is 0 Å². The molecule has 264 valence electrons. The quantitative estimate of drug-likeness (QED) is 0.204. The maximum atomic E-state index is 3.60. The molecule has 0 saturated heterocycles. The van der Waals surface area contributed by atoms with Crippen LogP contribution in [0.4, 0.5) is 34.1 Å². The highest BCUT2D eigenvalue weighted by Gasteiger charge is 2.24. The molecule has 0 fully saturated rings. The average Bonchev–Trinajstić information content (AvgIpc) is 3.07. The standard InChI is InChI=1S/3C12H7Br2NS.3BrH/c3*13-7-4-5-9-11(6-7)16-12-8(14)2-1-3-10(12)15-9;;;/h3*1-6,15H;3*1H. The van der Waals surface area contributed by atoms with Gasteiger partial charge in [-0.25, -0.2) is 0 Å². The largest absolute Gasteiger partial charge is 1.00 e. The highest BCUT2D eigenvalue weighted by molar-refractivity contribution is 9.11. The SMILES string of the molecule is Brc1ccc2c(c1)Sc1c(Br)cccc1[NH2+]2.Brc1ccc2c(c1)Sc1c(Br)cccc1[NH2+]2.Brc1ccc2c(c1)Sc1c(Br)cccc1[NH2+]2.[Br-].[Br-].[Br-]. The van der Waals surface area contributed by atoms with Crippen molar-refractivity contribution < 1.29 is 66.9 Å². The van der Waals surface area contributed by atoms with E-state index in [1.54, 1.807) is 0 Å². The number of nitrogens with two attached hydrogens (primary N) is 3. The predicted octanol–water partition coefficient (Wildman–Crippen LogP) is 3.62. The second kappa shape index (κ2) is 20.1. The molecule has 0 amide bonds. The van der Waals surface area contributed by atoms with Crippen molar-refractivity contribution in [3.63, 3.8) is 0 Å². The van der Waals surface area contributed by atoms with E-state index in [0.29, 0.717) is 0 Å². The molecule has 6 aromatic carbocycles. The zero-order valence-electron chi connectivity index (χ0n) is 25.8. The zero-order valence-corrected chi connectivity index (χ0v) is 42.5. The Morgan fingerprint density at radius 3 is 0.882 bits per heavy atom. The second-order valence-corrected chi connectivity index (χ2v) is 19.2. The number of benzene rings is 6. The fourth-order valence-corrected chi connectivity index (χ4v) is 11.8. The molecular formula is C36H24Br9N3S3. The van der Waals surface area contributed by atoms with Gasteiger partial charge >= 0.3 is 0 Å². The summed E-state index contributed by atoms with van der Waals surface area (Å²) in [5.41, 5.74) is 7.73. The fraction of sp³-hybridized carbons (Fsp3) is 0. The minimum atomic E-state index is 0. The molecule has 0 atom stereocenters. The van der Waals surface area contributed by atoms with Gasteiger partial charge in [-0.15, -0.1) is 0 Å². The molecule has 3 aliphatic rings. The summed E-state index contributed by atoms with van der Waals surface area (Å²) in [6.45, 7) is 0. The molecule has 0 radical (unpaired) electrons. The van der Waals surface area contributed by atoms with E-state index in [0.717, 1.165) is 26.8 Å². The summed E-state index contributed by atoms with van der Waals surface area (Å²) >= 11 is 26.8. The number of rotatable bonds is 0. The van der Waals surface area contributed by atoms with E-state index >= 15 is 0 Å². The molecule has 6 N–H and O–H groups in total. The van der Waals surface area contributed by atoms with Gasteiger partial charge < -0.3 is 50.9 Å². The first-order valence-electron chi connectivity index (χ1n) is 14.5. The van der Waals surface area contributed by atoms with Crippen molar-refractivity contribution in [2.24, 2.45) is 0 Å². The van der Waals surface area contributed by atoms with Crippen molar-refractivity contribution in [3.05, 3.63) is 136 Å². The van der Waals surface area contributed by atoms with E-state index in [1.165, 1.54) is 63.5 Å². The molecule has 3 heterocycles. The minimum absolute atomic E-state index is 0. The first-order chi connectivity index (χ1) is 23.2. The number of quaternary nitrogens is 3. The lowest BCUT2D eigenvalue weighted by Gasteiger charge is -2.16. The van der Waals surface area contributed by atoms with E-state index in [2.05, 4.69) is 221 Å². The fourth-order valence-electron chi connectivity index (χ4n) is 5.22. The van der Waals surface area contributed by atoms with Gasteiger partial charge in [0.05, 0.1) is 29.4 Å². The summed E-state index contributed by atoms with van der Waals surface area (Å²) < 4.78 is 6.87. The summed E-state index contributed by atoms with van der Waals surface area (Å²) in [4.78, 5) is 7.80. The van der Waals surface area contributed by atoms with Gasteiger partial charge in [0.15, 0.2) is 0 Å². The van der Waals surface area contributed by atoms with Crippen LogP contribution in [-0.2, 0) is 0 Å². The monoisotopic (exact) mass is 1300 g/mol. The molecule has 6 aromatic rings. The maximum absolute atomic E-state index is 3.60. The molecule has 3 aliphatic heterocycles. The first-order valence-corrected chi connectivity index (χ1v) is 21.7. The van der Waals surface area contributed by atoms with Gasteiger partial charge in [-0.3, -0.25) is 16.0 Å². The highest BCUT2D eigenvalue weighted by Crippen LogP contribution is 2.45. The van der Waals surface area contributed by atoms with Crippen LogP contribution >= 0.6 is 131 Å². The third-order valence-electron chi connectivity index (χ3n) is 7.49. The van der Waals surface area contributed by atoms with Crippen LogP contribution in [0.1, 0.15) is 0 Å². The average molecular weight is 1310 g/mol. The Kier molecular flexibility index (Phi) is 17.5. The molecule has 9 rings (SSSR count). The van der Waals surface area contributed by atoms with E-state index < -0.39 is 0 Å². The molecule has 0 bridgehead atoms. The van der Waals surface area contributed by atoms with Crippen molar-refractivity contribution >= 4 is 165 Å². The smallest absolute Gasteiger partial charge is 0.149 e. The number of halogens is 9. The third kappa shape index (κ3) is 10.7. The van der Waals surface area contributed by atoms with E-state index in [-0.39, 0.29) is 50.9 Å². The van der Waals surface area contributed by atoms with E-state index in [9.17, 15) is 0 Å². The topological polar surface area (TPSA) is 49.8 Å². The van der Waals surface area contributed by atoms with Gasteiger partial charge in [0.2, 0.25) is 0 Å². The van der Waals surface area contributed by atoms with Crippen LogP contribution in [-0.4, -0.2) is 0 Å². The third-order valence-corrected chi connectivity index (χ3v) is 15.4. The number of hydrogen-bond donors (Lipinski definition) is 3. The summed E-state index contributed by atoms with van der Waals surface area (Å²) in [7, 11) is 0. The van der Waals surface area contributed by atoms with Crippen LogP contribution in [0.25, 0.3) is 0 Å². The van der Waals surface area contributed by atoms with Gasteiger partial charge in [0, 0.05) is 63.2 Å². The Balaban J connectivity index is 0.000000167. The Morgan fingerprint density at radius 2 is 0.608 bits per heavy atom. The molecular weight excluding hydrogens is 1290 g/mol. The van der Waals surface area contributed by atoms with Gasteiger partial charge in [-0.1, -0.05) is 101 Å². The van der Waals surface area contributed by atoms with Crippen LogP contribution < -0.4 is 66.9 Å². The summed E-state index contributed by atoms with van der Waals surface area (Å²) in [6.07, 6.45) is 0. The van der Waals surface area contributed by atoms with Gasteiger partial charge in [0.25, 0.3) is 0 Å². The molecule has 3 nitrogen and oxygen atoms in total. The Labute approximate surface area is 391 Å². The van der Waals surface area contributed by atoms with Crippen LogP contribution in [0, 0.1) is 0 Å². The van der Waals surface area contributed by atoms with Crippen molar-refractivity contribution in [1.82, 2.24) is 0 Å². The van der Waals surface area contributed by atoms with Crippen LogP contribution in [0.15, 0.2) is 165 Å². The summed E-state index contributed by atoms with van der Waals surface area (Å²) in [6, 6.07) is 38.1. The van der Waals surface area contributed by atoms with Crippen molar-refractivity contribution in [3.8, 4) is 0 Å². The van der Waals surface area contributed by atoms with Crippen molar-refractivity contribution in [1.29, 1.82) is 0 Å². The summed E-state index contributed by atoms with van der Waals surface area (Å²) in [5, 5.41) is 6.70. The first kappa shape index (κ1) is 44.3. The molecule has 0 aromatic heterocycles. The van der Waals surface area contributed by atoms with Crippen molar-refractivity contribution in [2.45, 2.75) is 29.4 Å². The van der Waals surface area contributed by atoms with Gasteiger partial charge in [-0.05, 0) is 102 Å². The Hall–Kier alpha value is 0.570. The van der Waals surface area contributed by atoms with E-state index in [4.69, 9.17) is 0 Å². The van der Waals surface area contributed by atoms with Crippen molar-refractivity contribution in [2.75, 3.05) is 0 Å². The molecule has 0 aliphatic carbocycles. The Bertz CT molecular complexity index is 1960. The van der Waals surface area contributed by atoms with Crippen LogP contribution in [0.2, 0.25) is 0 Å². The normalized spacial score (nSPS) is 12.4. The Morgan fingerprint density at radius 1 is 0.333 bits per heavy atom. The number of fused-ring (bicyclic) bond motifs is 6. The minimum Gasteiger partial charge on any atom is -1.00 e. The van der Waals surface area contributed by atoms with Gasteiger partial charge in [-0.2, -0.15) is 0 Å². The molecule has 15 heteroatoms. The lowest BCUT2D eigenvalue weighted by molar-refractivity contribution is -0.485. The lowest BCUT2D eigenvalue weighted by Crippen LogP contribution is -3.00. The molecule has 0 saturated carbocycles. The molecule has 51 heavy (non-hydrogen) atoms. The lowest BCUT2D eigenvalue weighted by atomic mass is 10.2. The maximum Gasteiger partial charge on any atom is 0.149 e. The summed E-state index contributed by atoms with van der Waals surface area (Å²) in [5.74, 6) is 0. The molecule has 0 spiro atoms. The number of hydrogen-bond acceptors (Lipinski definition) is 3. The predicted molar refractivity (Wildman–Crippen MR) is 221 cm³/mol. The second-order valence-electron chi connectivity index (χ2n) is 10.8. The van der Waals surface area contributed by atoms with E-state index in [1.807, 2.05) is 35.3 Å².